The van der Waals surface area contributed by atoms with Gasteiger partial charge in [0.25, 0.3) is 6.47 Å². The number of carboxylic acid groups (broad SMARTS) is 2. The zero-order valence-electron chi connectivity index (χ0n) is 7.86. The first-order chi connectivity index (χ1) is 6.88. The first-order valence-corrected chi connectivity index (χ1v) is 3.75. The van der Waals surface area contributed by atoms with Crippen molar-refractivity contribution in [2.24, 2.45) is 0 Å². The van der Waals surface area contributed by atoms with E-state index in [1.165, 1.54) is 0 Å². The van der Waals surface area contributed by atoms with Gasteiger partial charge in [0.1, 0.15) is 0 Å². The van der Waals surface area contributed by atoms with Crippen molar-refractivity contribution in [1.29, 1.82) is 0 Å². The molecule has 0 aliphatic rings. The van der Waals surface area contributed by atoms with Crippen LogP contribution in [0.3, 0.4) is 0 Å². The minimum Gasteiger partial charge on any atom is -0.479 e. The highest BCUT2D eigenvalue weighted by molar-refractivity contribution is 5.83. The predicted molar refractivity (Wildman–Crippen MR) is 45.0 cm³/mol. The van der Waals surface area contributed by atoms with Gasteiger partial charge in [-0.2, -0.15) is 0 Å². The highest BCUT2D eigenvalue weighted by Gasteiger charge is 2.29. The Hall–Kier alpha value is -1.67. The highest BCUT2D eigenvalue weighted by Crippen LogP contribution is 1.92. The Morgan fingerprint density at radius 3 is 1.60 bits per heavy atom. The summed E-state index contributed by atoms with van der Waals surface area (Å²) in [6.07, 6.45) is -4.53. The van der Waals surface area contributed by atoms with Crippen molar-refractivity contribution in [3.63, 3.8) is 0 Å². The second-order valence-electron chi connectivity index (χ2n) is 2.12. The van der Waals surface area contributed by atoms with Crippen LogP contribution in [0.25, 0.3) is 0 Å². The molecule has 0 rings (SSSR count). The number of rotatable bonds is 5. The van der Waals surface area contributed by atoms with Crippen molar-refractivity contribution in [1.82, 2.24) is 0 Å². The molecule has 8 heteroatoms. The number of ether oxygens (including phenoxy) is 1. The van der Waals surface area contributed by atoms with Crippen LogP contribution in [0.4, 0.5) is 0 Å². The Morgan fingerprint density at radius 2 is 1.53 bits per heavy atom. The maximum Gasteiger partial charge on any atom is 0.335 e. The van der Waals surface area contributed by atoms with Crippen LogP contribution < -0.4 is 0 Å². The smallest absolute Gasteiger partial charge is 0.335 e. The molecule has 0 aromatic heterocycles. The van der Waals surface area contributed by atoms with Crippen LogP contribution in [-0.2, 0) is 19.1 Å². The lowest BCUT2D eigenvalue weighted by atomic mass is 10.2. The second kappa shape index (κ2) is 8.91. The van der Waals surface area contributed by atoms with E-state index in [-0.39, 0.29) is 0 Å². The molecule has 0 heterocycles. The average molecular weight is 224 g/mol. The molecular weight excluding hydrogens is 212 g/mol. The van der Waals surface area contributed by atoms with Crippen molar-refractivity contribution in [2.75, 3.05) is 6.61 Å². The number of aliphatic hydroxyl groups excluding tert-OH is 2. The predicted octanol–water partition coefficient (Wildman–Crippen LogP) is -1.94. The van der Waals surface area contributed by atoms with Gasteiger partial charge in [-0.1, -0.05) is 0 Å². The quantitative estimate of drug-likeness (QED) is 0.395. The summed E-state index contributed by atoms with van der Waals surface area (Å²) < 4.78 is 4.15. The number of hydrogen-bond acceptors (Lipinski definition) is 6. The van der Waals surface area contributed by atoms with Gasteiger partial charge < -0.3 is 25.2 Å². The van der Waals surface area contributed by atoms with Crippen LogP contribution >= 0.6 is 0 Å². The van der Waals surface area contributed by atoms with E-state index in [0.29, 0.717) is 13.1 Å². The summed E-state index contributed by atoms with van der Waals surface area (Å²) in [6.45, 7) is 2.66. The molecule has 4 N–H and O–H groups in total. The van der Waals surface area contributed by atoms with Gasteiger partial charge in [0.15, 0.2) is 12.2 Å². The molecule has 0 saturated carbocycles. The maximum absolute atomic E-state index is 9.77. The zero-order chi connectivity index (χ0) is 12.4. The fourth-order valence-electron chi connectivity index (χ4n) is 0.338. The minimum absolute atomic E-state index is 0.431. The molecule has 0 aromatic carbocycles. The van der Waals surface area contributed by atoms with Gasteiger partial charge in [0.2, 0.25) is 0 Å². The van der Waals surface area contributed by atoms with Gasteiger partial charge in [-0.15, -0.1) is 0 Å². The van der Waals surface area contributed by atoms with E-state index >= 15 is 0 Å². The van der Waals surface area contributed by atoms with Crippen molar-refractivity contribution in [2.45, 2.75) is 19.1 Å². The Morgan fingerprint density at radius 1 is 1.20 bits per heavy atom. The summed E-state index contributed by atoms with van der Waals surface area (Å²) in [5, 5.41) is 32.5. The third-order valence-electron chi connectivity index (χ3n) is 1.04. The van der Waals surface area contributed by atoms with Gasteiger partial charge in [0, 0.05) is 0 Å². The summed E-state index contributed by atoms with van der Waals surface area (Å²) in [5.41, 5.74) is 0. The third kappa shape index (κ3) is 8.65. The summed E-state index contributed by atoms with van der Waals surface area (Å²) >= 11 is 0. The molecular formula is C7H12O8. The van der Waals surface area contributed by atoms with Gasteiger partial charge in [-0.05, 0) is 6.92 Å². The van der Waals surface area contributed by atoms with Crippen molar-refractivity contribution in [3.8, 4) is 0 Å². The summed E-state index contributed by atoms with van der Waals surface area (Å²) in [4.78, 5) is 28.7. The molecule has 88 valence electrons. The van der Waals surface area contributed by atoms with Crippen molar-refractivity contribution in [3.05, 3.63) is 0 Å². The van der Waals surface area contributed by atoms with Crippen molar-refractivity contribution >= 4 is 18.4 Å². The molecule has 0 aliphatic heterocycles. The second-order valence-corrected chi connectivity index (χ2v) is 2.12. The van der Waals surface area contributed by atoms with Gasteiger partial charge in [-0.3, -0.25) is 4.79 Å². The van der Waals surface area contributed by atoms with E-state index < -0.39 is 24.1 Å². The molecule has 8 nitrogen and oxygen atoms in total. The van der Waals surface area contributed by atoms with E-state index in [1.54, 1.807) is 6.92 Å². The fourth-order valence-corrected chi connectivity index (χ4v) is 0.338. The number of carbonyl (C=O) groups excluding carboxylic acids is 1. The average Bonchev–Trinajstić information content (AvgIpc) is 2.17. The monoisotopic (exact) mass is 224 g/mol. The standard InChI is InChI=1S/C4H6O6.C3H6O2/c5-1(3(7)8)2(6)4(9)10;1-2-5-3-4/h1-2,5-6H,(H,7,8)(H,9,10);3H,2H2,1H3. The molecule has 0 fully saturated rings. The fraction of sp³-hybridized carbons (Fsp3) is 0.571. The molecule has 0 aliphatic carbocycles. The lowest BCUT2D eigenvalue weighted by Crippen LogP contribution is -2.39. The molecule has 0 amide bonds. The number of aliphatic hydroxyl groups is 2. The zero-order valence-corrected chi connectivity index (χ0v) is 7.86. The van der Waals surface area contributed by atoms with Crippen LogP contribution in [0, 0.1) is 0 Å². The van der Waals surface area contributed by atoms with E-state index in [4.69, 9.17) is 20.4 Å². The number of hydrogen-bond donors (Lipinski definition) is 4. The highest BCUT2D eigenvalue weighted by atomic mass is 16.5. The van der Waals surface area contributed by atoms with E-state index in [2.05, 4.69) is 4.74 Å². The minimum atomic E-state index is -2.27. The molecule has 0 saturated heterocycles. The third-order valence-corrected chi connectivity index (χ3v) is 1.04. The van der Waals surface area contributed by atoms with Gasteiger partial charge >= 0.3 is 11.9 Å². The first kappa shape index (κ1) is 15.8. The van der Waals surface area contributed by atoms with E-state index in [0.717, 1.165) is 0 Å². The topological polar surface area (TPSA) is 141 Å². The van der Waals surface area contributed by atoms with Crippen LogP contribution in [0.2, 0.25) is 0 Å². The lowest BCUT2D eigenvalue weighted by molar-refractivity contribution is -0.165. The molecule has 2 unspecified atom stereocenters. The van der Waals surface area contributed by atoms with Gasteiger partial charge in [-0.25, -0.2) is 9.59 Å². The summed E-state index contributed by atoms with van der Waals surface area (Å²) in [7, 11) is 0. The Bertz CT molecular complexity index is 195. The summed E-state index contributed by atoms with van der Waals surface area (Å²) in [6, 6.07) is 0. The van der Waals surface area contributed by atoms with Crippen LogP contribution in [0.15, 0.2) is 0 Å². The van der Waals surface area contributed by atoms with Crippen LogP contribution in [-0.4, -0.2) is 57.7 Å². The van der Waals surface area contributed by atoms with Crippen LogP contribution in [0.5, 0.6) is 0 Å². The number of aliphatic carboxylic acids is 2. The molecule has 2 atom stereocenters. The Labute approximate surface area is 84.7 Å². The normalized spacial score (nSPS) is 12.7. The van der Waals surface area contributed by atoms with Gasteiger partial charge in [0.05, 0.1) is 6.61 Å². The Balaban J connectivity index is 0. The number of carboxylic acids is 2. The molecule has 0 spiro atoms. The molecule has 15 heavy (non-hydrogen) atoms. The van der Waals surface area contributed by atoms with E-state index in [9.17, 15) is 14.4 Å². The largest absolute Gasteiger partial charge is 0.479 e. The maximum atomic E-state index is 9.77. The first-order valence-electron chi connectivity index (χ1n) is 3.75. The van der Waals surface area contributed by atoms with Crippen molar-refractivity contribution < 1.29 is 39.5 Å². The lowest BCUT2D eigenvalue weighted by Gasteiger charge is -2.07. The number of carbonyl (C=O) groups is 3. The molecule has 0 bridgehead atoms. The SMILES string of the molecule is CCOC=O.O=C(O)C(O)C(O)C(=O)O. The van der Waals surface area contributed by atoms with Crippen LogP contribution in [0.1, 0.15) is 6.92 Å². The summed E-state index contributed by atoms with van der Waals surface area (Å²) in [5.74, 6) is -3.54. The molecule has 0 aromatic rings. The van der Waals surface area contributed by atoms with E-state index in [1.807, 2.05) is 0 Å². The molecule has 0 radical (unpaired) electrons. The Kier molecular flexibility index (Phi) is 9.37.